The quantitative estimate of drug-likeness (QED) is 0.852. The maximum absolute atomic E-state index is 12.6. The fourth-order valence-electron chi connectivity index (χ4n) is 2.91. The molecule has 3 rings (SSSR count). The van der Waals surface area contributed by atoms with Gasteiger partial charge in [0.05, 0.1) is 12.7 Å². The van der Waals surface area contributed by atoms with Crippen molar-refractivity contribution in [3.8, 4) is 5.75 Å². The van der Waals surface area contributed by atoms with Crippen LogP contribution in [0.25, 0.3) is 0 Å². The molecule has 6 heteroatoms. The van der Waals surface area contributed by atoms with Crippen LogP contribution in [0, 0.1) is 0 Å². The molecule has 1 aliphatic heterocycles. The monoisotopic (exact) mass is 402 g/mol. The number of methoxy groups -OCH3 is 1. The average Bonchev–Trinajstić information content (AvgIpc) is 2.61. The van der Waals surface area contributed by atoms with E-state index in [0.29, 0.717) is 28.0 Å². The normalized spacial score (nSPS) is 13.2. The van der Waals surface area contributed by atoms with E-state index in [1.54, 1.807) is 32.2 Å². The SMILES string of the molecule is COc1ccc(Br)c(C(=O)Nc2ccc3c(c2)CN(C(C)=O)CC3)c1. The highest BCUT2D eigenvalue weighted by atomic mass is 79.9. The van der Waals surface area contributed by atoms with Crippen LogP contribution in [0.4, 0.5) is 5.69 Å². The van der Waals surface area contributed by atoms with Crippen molar-refractivity contribution in [2.45, 2.75) is 19.9 Å². The minimum Gasteiger partial charge on any atom is -0.497 e. The molecule has 0 spiro atoms. The van der Waals surface area contributed by atoms with Crippen molar-refractivity contribution in [3.05, 3.63) is 57.6 Å². The second kappa shape index (κ2) is 7.27. The van der Waals surface area contributed by atoms with Crippen LogP contribution in [0.1, 0.15) is 28.4 Å². The molecule has 1 heterocycles. The number of fused-ring (bicyclic) bond motifs is 1. The fourth-order valence-corrected chi connectivity index (χ4v) is 3.33. The van der Waals surface area contributed by atoms with Gasteiger partial charge in [0, 0.05) is 30.2 Å². The summed E-state index contributed by atoms with van der Waals surface area (Å²) in [5.41, 5.74) is 3.51. The largest absolute Gasteiger partial charge is 0.497 e. The number of nitrogens with one attached hydrogen (secondary N) is 1. The Morgan fingerprint density at radius 3 is 2.68 bits per heavy atom. The highest BCUT2D eigenvalue weighted by Gasteiger charge is 2.19. The van der Waals surface area contributed by atoms with Crippen molar-refractivity contribution >= 4 is 33.4 Å². The zero-order valence-electron chi connectivity index (χ0n) is 14.1. The third-order valence-electron chi connectivity index (χ3n) is 4.34. The van der Waals surface area contributed by atoms with Crippen molar-refractivity contribution in [1.29, 1.82) is 0 Å². The first-order valence-corrected chi connectivity index (χ1v) is 8.79. The smallest absolute Gasteiger partial charge is 0.256 e. The van der Waals surface area contributed by atoms with Gasteiger partial charge in [-0.25, -0.2) is 0 Å². The van der Waals surface area contributed by atoms with Crippen LogP contribution in [0.5, 0.6) is 5.75 Å². The Morgan fingerprint density at radius 1 is 1.16 bits per heavy atom. The predicted octanol–water partition coefficient (Wildman–Crippen LogP) is 3.61. The van der Waals surface area contributed by atoms with Crippen molar-refractivity contribution in [3.63, 3.8) is 0 Å². The van der Waals surface area contributed by atoms with E-state index >= 15 is 0 Å². The van der Waals surface area contributed by atoms with Crippen LogP contribution in [-0.4, -0.2) is 30.4 Å². The van der Waals surface area contributed by atoms with Gasteiger partial charge in [-0.2, -0.15) is 0 Å². The van der Waals surface area contributed by atoms with Gasteiger partial charge in [-0.05, 0) is 63.8 Å². The van der Waals surface area contributed by atoms with E-state index in [1.165, 1.54) is 5.56 Å². The average molecular weight is 403 g/mol. The molecular weight excluding hydrogens is 384 g/mol. The third kappa shape index (κ3) is 3.85. The molecule has 1 N–H and O–H groups in total. The summed E-state index contributed by atoms with van der Waals surface area (Å²) in [5, 5.41) is 2.92. The number of hydrogen-bond donors (Lipinski definition) is 1. The number of nitrogens with zero attached hydrogens (tertiary/aromatic N) is 1. The first-order chi connectivity index (χ1) is 12.0. The number of carbonyl (C=O) groups is 2. The van der Waals surface area contributed by atoms with Gasteiger partial charge in [-0.1, -0.05) is 6.07 Å². The first-order valence-electron chi connectivity index (χ1n) is 8.00. The van der Waals surface area contributed by atoms with E-state index in [9.17, 15) is 9.59 Å². The number of carbonyl (C=O) groups excluding carboxylic acids is 2. The summed E-state index contributed by atoms with van der Waals surface area (Å²) in [6.45, 7) is 2.90. The van der Waals surface area contributed by atoms with Gasteiger partial charge in [0.1, 0.15) is 5.75 Å². The topological polar surface area (TPSA) is 58.6 Å². The summed E-state index contributed by atoms with van der Waals surface area (Å²) in [5.74, 6) is 0.473. The molecule has 0 unspecified atom stereocenters. The number of rotatable bonds is 3. The van der Waals surface area contributed by atoms with E-state index in [0.717, 1.165) is 18.5 Å². The molecule has 0 radical (unpaired) electrons. The molecule has 0 atom stereocenters. The molecule has 5 nitrogen and oxygen atoms in total. The lowest BCUT2D eigenvalue weighted by molar-refractivity contribution is -0.129. The second-order valence-corrected chi connectivity index (χ2v) is 6.83. The van der Waals surface area contributed by atoms with E-state index in [2.05, 4.69) is 21.2 Å². The Kier molecular flexibility index (Phi) is 5.08. The Hall–Kier alpha value is -2.34. The Balaban J connectivity index is 1.81. The molecular formula is C19H19BrN2O3. The van der Waals surface area contributed by atoms with E-state index in [4.69, 9.17) is 4.74 Å². The fraction of sp³-hybridized carbons (Fsp3) is 0.263. The predicted molar refractivity (Wildman–Crippen MR) is 99.9 cm³/mol. The van der Waals surface area contributed by atoms with E-state index in [1.807, 2.05) is 23.1 Å². The maximum Gasteiger partial charge on any atom is 0.256 e. The summed E-state index contributed by atoms with van der Waals surface area (Å²) in [4.78, 5) is 26.0. The van der Waals surface area contributed by atoms with Gasteiger partial charge >= 0.3 is 0 Å². The van der Waals surface area contributed by atoms with Crippen LogP contribution in [0.15, 0.2) is 40.9 Å². The lowest BCUT2D eigenvalue weighted by Crippen LogP contribution is -2.34. The van der Waals surface area contributed by atoms with Gasteiger partial charge < -0.3 is 15.0 Å². The van der Waals surface area contributed by atoms with Crippen molar-refractivity contribution in [2.75, 3.05) is 19.0 Å². The molecule has 0 saturated carbocycles. The van der Waals surface area contributed by atoms with Crippen molar-refractivity contribution in [2.24, 2.45) is 0 Å². The van der Waals surface area contributed by atoms with Crippen LogP contribution in [0.2, 0.25) is 0 Å². The zero-order chi connectivity index (χ0) is 18.0. The van der Waals surface area contributed by atoms with Crippen molar-refractivity contribution in [1.82, 2.24) is 4.90 Å². The molecule has 0 aromatic heterocycles. The summed E-state index contributed by atoms with van der Waals surface area (Å²) in [6.07, 6.45) is 0.838. The highest BCUT2D eigenvalue weighted by molar-refractivity contribution is 9.10. The number of halogens is 1. The lowest BCUT2D eigenvalue weighted by Gasteiger charge is -2.28. The zero-order valence-corrected chi connectivity index (χ0v) is 15.7. The minimum atomic E-state index is -0.218. The van der Waals surface area contributed by atoms with Gasteiger partial charge in [-0.15, -0.1) is 0 Å². The minimum absolute atomic E-state index is 0.0698. The van der Waals surface area contributed by atoms with Gasteiger partial charge in [0.15, 0.2) is 0 Å². The van der Waals surface area contributed by atoms with Crippen LogP contribution in [0.3, 0.4) is 0 Å². The maximum atomic E-state index is 12.6. The molecule has 0 fully saturated rings. The summed E-state index contributed by atoms with van der Waals surface area (Å²) in [6, 6.07) is 11.1. The first kappa shape index (κ1) is 17.5. The van der Waals surface area contributed by atoms with Gasteiger partial charge in [0.25, 0.3) is 5.91 Å². The highest BCUT2D eigenvalue weighted by Crippen LogP contribution is 2.26. The molecule has 130 valence electrons. The number of hydrogen-bond acceptors (Lipinski definition) is 3. The number of ether oxygens (including phenoxy) is 1. The molecule has 2 aromatic carbocycles. The van der Waals surface area contributed by atoms with Crippen LogP contribution in [-0.2, 0) is 17.8 Å². The number of anilines is 1. The van der Waals surface area contributed by atoms with Crippen molar-refractivity contribution < 1.29 is 14.3 Å². The molecule has 0 saturated heterocycles. The number of benzene rings is 2. The molecule has 1 aliphatic rings. The Bertz CT molecular complexity index is 835. The molecule has 25 heavy (non-hydrogen) atoms. The molecule has 0 bridgehead atoms. The van der Waals surface area contributed by atoms with E-state index < -0.39 is 0 Å². The Morgan fingerprint density at radius 2 is 1.96 bits per heavy atom. The standard InChI is InChI=1S/C19H19BrN2O3/c1-12(23)22-8-7-13-3-4-15(9-14(13)11-22)21-19(24)17-10-16(25-2)5-6-18(17)20/h3-6,9-10H,7-8,11H2,1-2H3,(H,21,24). The molecule has 2 aromatic rings. The van der Waals surface area contributed by atoms with Gasteiger partial charge in [0.2, 0.25) is 5.91 Å². The third-order valence-corrected chi connectivity index (χ3v) is 5.03. The summed E-state index contributed by atoms with van der Waals surface area (Å²) < 4.78 is 5.88. The Labute approximate surface area is 155 Å². The summed E-state index contributed by atoms with van der Waals surface area (Å²) >= 11 is 3.40. The summed E-state index contributed by atoms with van der Waals surface area (Å²) in [7, 11) is 1.56. The van der Waals surface area contributed by atoms with Crippen LogP contribution >= 0.6 is 15.9 Å². The number of amides is 2. The van der Waals surface area contributed by atoms with E-state index in [-0.39, 0.29) is 11.8 Å². The second-order valence-electron chi connectivity index (χ2n) is 5.97. The molecule has 2 amide bonds. The van der Waals surface area contributed by atoms with Crippen LogP contribution < -0.4 is 10.1 Å². The lowest BCUT2D eigenvalue weighted by atomic mass is 9.99. The molecule has 0 aliphatic carbocycles. The van der Waals surface area contributed by atoms with Gasteiger partial charge in [-0.3, -0.25) is 9.59 Å².